The Labute approximate surface area is 210 Å². The molecule has 1 aliphatic rings. The van der Waals surface area contributed by atoms with Gasteiger partial charge in [0.2, 0.25) is 10.0 Å². The monoisotopic (exact) mass is 537 g/mol. The average molecular weight is 538 g/mol. The minimum atomic E-state index is -3.75. The molecule has 11 heteroatoms. The molecule has 8 nitrogen and oxygen atoms in total. The molecule has 0 radical (unpaired) electrons. The molecule has 0 N–H and O–H groups in total. The van der Waals surface area contributed by atoms with E-state index in [-0.39, 0.29) is 48.1 Å². The maximum Gasteiger partial charge on any atom is 0.342 e. The third-order valence-electron chi connectivity index (χ3n) is 5.99. The van der Waals surface area contributed by atoms with Gasteiger partial charge in [0, 0.05) is 29.8 Å². The van der Waals surface area contributed by atoms with Crippen LogP contribution in [0.25, 0.3) is 22.3 Å². The molecule has 1 fully saturated rings. The molecule has 0 spiro atoms. The number of benzene rings is 2. The third kappa shape index (κ3) is 5.73. The molecule has 0 amide bonds. The van der Waals surface area contributed by atoms with Crippen LogP contribution in [-0.2, 0) is 24.6 Å². The average Bonchev–Trinajstić information content (AvgIpc) is 3.55. The van der Waals surface area contributed by atoms with Crippen molar-refractivity contribution < 1.29 is 35.2 Å². The van der Waals surface area contributed by atoms with Gasteiger partial charge in [0.1, 0.15) is 32.6 Å². The van der Waals surface area contributed by atoms with E-state index in [4.69, 9.17) is 9.15 Å². The number of hydrogen-bond acceptors (Lipinski definition) is 7. The number of anilines is 1. The third-order valence-corrected chi connectivity index (χ3v) is 8.20. The van der Waals surface area contributed by atoms with Gasteiger partial charge in [-0.25, -0.2) is 26.0 Å². The molecule has 0 aliphatic heterocycles. The molecule has 1 heterocycles. The Balaban J connectivity index is 1.91. The fourth-order valence-electron chi connectivity index (χ4n) is 4.23. The lowest BCUT2D eigenvalue weighted by atomic mass is 10.0. The summed E-state index contributed by atoms with van der Waals surface area (Å²) in [5.74, 6) is -0.891. The van der Waals surface area contributed by atoms with Gasteiger partial charge in [0.15, 0.2) is 0 Å². The topological polar surface area (TPSA) is 111 Å². The standard InChI is InChI=1S/C25H28FNO7S2/c1-4-33-25(28)23-20-14-19(16-6-7-16)21(27(36(3,31)32)12-5-13-35(2,29)30)15-22(20)34-24(23)17-8-10-18(26)11-9-17/h8-11,14-16H,4-7,12-13H2,1-3H3. The molecule has 194 valence electrons. The number of hydrogen-bond donors (Lipinski definition) is 0. The highest BCUT2D eigenvalue weighted by atomic mass is 32.2. The van der Waals surface area contributed by atoms with Crippen molar-refractivity contribution in [2.24, 2.45) is 0 Å². The van der Waals surface area contributed by atoms with Crippen LogP contribution in [0.3, 0.4) is 0 Å². The predicted octanol–water partition coefficient (Wildman–Crippen LogP) is 4.49. The van der Waals surface area contributed by atoms with Crippen molar-refractivity contribution in [2.45, 2.75) is 32.1 Å². The highest BCUT2D eigenvalue weighted by Gasteiger charge is 2.33. The summed E-state index contributed by atoms with van der Waals surface area (Å²) in [4.78, 5) is 13.0. The fourth-order valence-corrected chi connectivity index (χ4v) is 5.86. The quantitative estimate of drug-likeness (QED) is 0.350. The molecule has 0 unspecified atom stereocenters. The van der Waals surface area contributed by atoms with Crippen molar-refractivity contribution in [3.63, 3.8) is 0 Å². The van der Waals surface area contributed by atoms with Gasteiger partial charge in [-0.15, -0.1) is 0 Å². The van der Waals surface area contributed by atoms with E-state index in [2.05, 4.69) is 0 Å². The van der Waals surface area contributed by atoms with Crippen LogP contribution in [0.15, 0.2) is 40.8 Å². The van der Waals surface area contributed by atoms with Crippen LogP contribution >= 0.6 is 0 Å². The highest BCUT2D eigenvalue weighted by molar-refractivity contribution is 7.92. The molecule has 1 aromatic heterocycles. The van der Waals surface area contributed by atoms with Gasteiger partial charge in [-0.1, -0.05) is 0 Å². The van der Waals surface area contributed by atoms with E-state index in [9.17, 15) is 26.0 Å². The van der Waals surface area contributed by atoms with Crippen molar-refractivity contribution >= 4 is 42.5 Å². The zero-order valence-corrected chi connectivity index (χ0v) is 21.9. The Morgan fingerprint density at radius 2 is 1.78 bits per heavy atom. The Morgan fingerprint density at radius 3 is 2.33 bits per heavy atom. The molecule has 4 rings (SSSR count). The number of sulfonamides is 1. The van der Waals surface area contributed by atoms with Crippen LogP contribution in [0.4, 0.5) is 10.1 Å². The second kappa shape index (κ2) is 9.85. The molecular formula is C25H28FNO7S2. The zero-order chi connectivity index (χ0) is 26.3. The Bertz CT molecular complexity index is 1510. The summed E-state index contributed by atoms with van der Waals surface area (Å²) in [7, 11) is -7.02. The van der Waals surface area contributed by atoms with E-state index >= 15 is 0 Å². The van der Waals surface area contributed by atoms with Crippen LogP contribution in [0, 0.1) is 5.82 Å². The molecule has 3 aromatic rings. The van der Waals surface area contributed by atoms with Crippen molar-refractivity contribution in [3.8, 4) is 11.3 Å². The van der Waals surface area contributed by atoms with Gasteiger partial charge >= 0.3 is 5.97 Å². The number of sulfone groups is 1. The number of furan rings is 1. The first-order chi connectivity index (χ1) is 16.9. The second-order valence-corrected chi connectivity index (χ2v) is 13.2. The lowest BCUT2D eigenvalue weighted by Crippen LogP contribution is -2.32. The van der Waals surface area contributed by atoms with Crippen LogP contribution in [0.5, 0.6) is 0 Å². The number of carbonyl (C=O) groups excluding carboxylic acids is 1. The summed E-state index contributed by atoms with van der Waals surface area (Å²) in [6.45, 7) is 1.81. The first-order valence-corrected chi connectivity index (χ1v) is 15.5. The molecule has 0 saturated heterocycles. The van der Waals surface area contributed by atoms with Crippen molar-refractivity contribution in [1.82, 2.24) is 0 Å². The SMILES string of the molecule is CCOC(=O)c1c(-c2ccc(F)cc2)oc2cc(N(CCCS(C)(=O)=O)S(C)(=O)=O)c(C3CC3)cc12. The first-order valence-electron chi connectivity index (χ1n) is 11.6. The Kier molecular flexibility index (Phi) is 7.16. The van der Waals surface area contributed by atoms with Gasteiger partial charge in [-0.05, 0) is 68.0 Å². The summed E-state index contributed by atoms with van der Waals surface area (Å²) >= 11 is 0. The summed E-state index contributed by atoms with van der Waals surface area (Å²) in [6, 6.07) is 8.84. The summed E-state index contributed by atoms with van der Waals surface area (Å²) in [5, 5.41) is 0.475. The molecule has 1 aliphatic carbocycles. The number of carbonyl (C=O) groups is 1. The molecular weight excluding hydrogens is 509 g/mol. The van der Waals surface area contributed by atoms with Gasteiger partial charge in [0.05, 0.1) is 24.3 Å². The highest BCUT2D eigenvalue weighted by Crippen LogP contribution is 2.48. The lowest BCUT2D eigenvalue weighted by molar-refractivity contribution is 0.0528. The number of nitrogens with zero attached hydrogens (tertiary/aromatic N) is 1. The maximum absolute atomic E-state index is 13.5. The van der Waals surface area contributed by atoms with Gasteiger partial charge in [-0.2, -0.15) is 0 Å². The number of esters is 1. The van der Waals surface area contributed by atoms with E-state index in [0.717, 1.165) is 30.9 Å². The Morgan fingerprint density at radius 1 is 1.11 bits per heavy atom. The van der Waals surface area contributed by atoms with Crippen LogP contribution in [0.2, 0.25) is 0 Å². The summed E-state index contributed by atoms with van der Waals surface area (Å²) < 4.78 is 74.9. The molecule has 2 aromatic carbocycles. The van der Waals surface area contributed by atoms with Crippen LogP contribution < -0.4 is 4.31 Å². The van der Waals surface area contributed by atoms with Crippen LogP contribution in [-0.4, -0.2) is 54.2 Å². The molecule has 1 saturated carbocycles. The molecule has 0 bridgehead atoms. The number of rotatable bonds is 10. The second-order valence-electron chi connectivity index (χ2n) is 9.03. The largest absolute Gasteiger partial charge is 0.462 e. The normalized spacial score (nSPS) is 14.2. The zero-order valence-electron chi connectivity index (χ0n) is 20.3. The smallest absolute Gasteiger partial charge is 0.342 e. The van der Waals surface area contributed by atoms with Gasteiger partial charge in [-0.3, -0.25) is 4.31 Å². The van der Waals surface area contributed by atoms with E-state index in [1.807, 2.05) is 0 Å². The number of ether oxygens (including phenoxy) is 1. The number of halogens is 1. The van der Waals surface area contributed by atoms with E-state index in [0.29, 0.717) is 16.6 Å². The predicted molar refractivity (Wildman–Crippen MR) is 136 cm³/mol. The van der Waals surface area contributed by atoms with Crippen molar-refractivity contribution in [1.29, 1.82) is 0 Å². The molecule has 36 heavy (non-hydrogen) atoms. The van der Waals surface area contributed by atoms with E-state index in [1.165, 1.54) is 28.6 Å². The lowest BCUT2D eigenvalue weighted by Gasteiger charge is -2.25. The van der Waals surface area contributed by atoms with E-state index in [1.54, 1.807) is 19.1 Å². The minimum Gasteiger partial charge on any atom is -0.462 e. The van der Waals surface area contributed by atoms with Gasteiger partial charge < -0.3 is 9.15 Å². The minimum absolute atomic E-state index is 0.0204. The maximum atomic E-state index is 13.5. The molecule has 0 atom stereocenters. The fraction of sp³-hybridized carbons (Fsp3) is 0.400. The van der Waals surface area contributed by atoms with Crippen LogP contribution in [0.1, 0.15) is 48.0 Å². The van der Waals surface area contributed by atoms with Crippen molar-refractivity contribution in [3.05, 3.63) is 53.3 Å². The summed E-state index contributed by atoms with van der Waals surface area (Å²) in [5.41, 5.74) is 2.07. The summed E-state index contributed by atoms with van der Waals surface area (Å²) in [6.07, 6.45) is 4.02. The van der Waals surface area contributed by atoms with E-state index < -0.39 is 31.6 Å². The first kappa shape index (κ1) is 26.2. The Hall–Kier alpha value is -2.92. The van der Waals surface area contributed by atoms with Crippen molar-refractivity contribution in [2.75, 3.05) is 35.7 Å². The number of fused-ring (bicyclic) bond motifs is 1. The van der Waals surface area contributed by atoms with Gasteiger partial charge in [0.25, 0.3) is 0 Å².